The molecule has 0 unspecified atom stereocenters. The van der Waals surface area contributed by atoms with E-state index in [-0.39, 0.29) is 51.5 Å². The quantitative estimate of drug-likeness (QED) is 0.262. The van der Waals surface area contributed by atoms with Gasteiger partial charge in [-0.2, -0.15) is 20.2 Å². The van der Waals surface area contributed by atoms with E-state index < -0.39 is 0 Å². The Morgan fingerprint density at radius 3 is 1.31 bits per heavy atom. The van der Waals surface area contributed by atoms with E-state index in [1.807, 2.05) is 50.2 Å². The van der Waals surface area contributed by atoms with Crippen LogP contribution in [0.5, 0.6) is 0 Å². The van der Waals surface area contributed by atoms with E-state index in [2.05, 4.69) is 10.2 Å². The van der Waals surface area contributed by atoms with Crippen molar-refractivity contribution in [1.29, 1.82) is 0 Å². The van der Waals surface area contributed by atoms with Crippen LogP contribution in [0.3, 0.4) is 0 Å². The second kappa shape index (κ2) is 15.0. The van der Waals surface area contributed by atoms with E-state index in [1.165, 1.54) is 10.0 Å². The molecule has 0 aliphatic carbocycles. The monoisotopic (exact) mass is 577 g/mol. The molecule has 0 atom stereocenters. The molecule has 0 fully saturated rings. The first kappa shape index (κ1) is 31.5. The minimum atomic E-state index is -0.315. The van der Waals surface area contributed by atoms with Crippen molar-refractivity contribution in [2.75, 3.05) is 10.0 Å². The van der Waals surface area contributed by atoms with E-state index in [4.69, 9.17) is 0 Å². The summed E-state index contributed by atoms with van der Waals surface area (Å²) in [6.07, 6.45) is 4.29. The van der Waals surface area contributed by atoms with Crippen LogP contribution in [-0.2, 0) is 26.7 Å². The molecule has 0 saturated carbocycles. The number of benzene rings is 2. The summed E-state index contributed by atoms with van der Waals surface area (Å²) in [6, 6.07) is 18.3. The Kier molecular flexibility index (Phi) is 12.2. The Balaban J connectivity index is 0.000000267. The molecule has 39 heavy (non-hydrogen) atoms. The Bertz CT molecular complexity index is 1170. The van der Waals surface area contributed by atoms with Crippen LogP contribution in [0.1, 0.15) is 66.2 Å². The molecule has 9 heteroatoms. The molecule has 0 bridgehead atoms. The number of carbonyl (C=O) groups is 2. The molecule has 0 N–H and O–H groups in total. The van der Waals surface area contributed by atoms with Gasteiger partial charge < -0.3 is 10.2 Å². The van der Waals surface area contributed by atoms with Gasteiger partial charge in [0.25, 0.3) is 11.8 Å². The number of hydrogen-bond acceptors (Lipinski definition) is 6. The fraction of sp³-hybridized carbons (Fsp3) is 0.333. The summed E-state index contributed by atoms with van der Waals surface area (Å²) in [5, 5.41) is 35.1. The maximum Gasteiger partial charge on any atom is 2.00 e. The Hall–Kier alpha value is -3.68. The first-order chi connectivity index (χ1) is 18.3. The van der Waals surface area contributed by atoms with E-state index in [0.717, 1.165) is 25.7 Å². The van der Waals surface area contributed by atoms with E-state index in [0.29, 0.717) is 35.6 Å². The third kappa shape index (κ3) is 7.68. The summed E-state index contributed by atoms with van der Waals surface area (Å²) in [4.78, 5) is 24.5. The van der Waals surface area contributed by atoms with E-state index in [1.54, 1.807) is 38.1 Å². The predicted octanol–water partition coefficient (Wildman–Crippen LogP) is 4.42. The standard InChI is InChI=1S/2C15H18N2O2.Cu/c2*1-3-4-10-13(18)14-11(2)16-17(15(14)19)12-8-6-5-7-9-12;/h2*5-9,18H,3-4,10H2,1-2H3;/q;;+2/p-2/b2*14-13-;. The molecule has 2 aromatic rings. The van der Waals surface area contributed by atoms with Gasteiger partial charge in [0.1, 0.15) is 0 Å². The van der Waals surface area contributed by atoms with Crippen LogP contribution in [0.4, 0.5) is 11.4 Å². The number of allylic oxidation sites excluding steroid dienone is 2. The number of unbranched alkanes of at least 4 members (excludes halogenated alkanes) is 2. The number of para-hydroxylation sites is 2. The van der Waals surface area contributed by atoms with Crippen LogP contribution in [0.25, 0.3) is 0 Å². The fourth-order valence-electron chi connectivity index (χ4n) is 4.07. The second-order valence-corrected chi connectivity index (χ2v) is 9.08. The first-order valence-corrected chi connectivity index (χ1v) is 13.0. The zero-order chi connectivity index (χ0) is 27.7. The zero-order valence-corrected chi connectivity index (χ0v) is 23.7. The van der Waals surface area contributed by atoms with Crippen molar-refractivity contribution >= 4 is 34.6 Å². The van der Waals surface area contributed by atoms with E-state index in [9.17, 15) is 19.8 Å². The summed E-state index contributed by atoms with van der Waals surface area (Å²) in [7, 11) is 0. The van der Waals surface area contributed by atoms with Gasteiger partial charge in [0, 0.05) is 0 Å². The smallest absolute Gasteiger partial charge is 0.875 e. The van der Waals surface area contributed by atoms with Crippen LogP contribution in [0.15, 0.2) is 93.5 Å². The van der Waals surface area contributed by atoms with Crippen molar-refractivity contribution in [1.82, 2.24) is 0 Å². The number of anilines is 2. The third-order valence-corrected chi connectivity index (χ3v) is 6.11. The summed E-state index contributed by atoms with van der Waals surface area (Å²) >= 11 is 0. The maximum atomic E-state index is 12.3. The largest absolute Gasteiger partial charge is 2.00 e. The summed E-state index contributed by atoms with van der Waals surface area (Å²) in [5.41, 5.74) is 2.86. The molecule has 4 rings (SSSR count). The maximum absolute atomic E-state index is 12.3. The van der Waals surface area contributed by atoms with Gasteiger partial charge in [0.15, 0.2) is 0 Å². The van der Waals surface area contributed by atoms with Crippen molar-refractivity contribution in [3.05, 3.63) is 83.3 Å². The number of hydrazone groups is 2. The van der Waals surface area contributed by atoms with Crippen LogP contribution in [0.2, 0.25) is 0 Å². The van der Waals surface area contributed by atoms with E-state index >= 15 is 0 Å². The molecular formula is C30H34CuN4O4. The minimum Gasteiger partial charge on any atom is -0.875 e. The zero-order valence-electron chi connectivity index (χ0n) is 22.7. The van der Waals surface area contributed by atoms with Crippen LogP contribution < -0.4 is 20.2 Å². The molecular weight excluding hydrogens is 544 g/mol. The molecule has 209 valence electrons. The normalized spacial score (nSPS) is 17.2. The molecule has 2 aromatic carbocycles. The van der Waals surface area contributed by atoms with Gasteiger partial charge in [0.2, 0.25) is 0 Å². The van der Waals surface area contributed by atoms with Gasteiger partial charge in [-0.05, 0) is 51.0 Å². The van der Waals surface area contributed by atoms with Crippen molar-refractivity contribution in [3.63, 3.8) is 0 Å². The number of carbonyl (C=O) groups excluding carboxylic acids is 2. The second-order valence-electron chi connectivity index (χ2n) is 9.08. The van der Waals surface area contributed by atoms with Gasteiger partial charge in [-0.1, -0.05) is 75.9 Å². The van der Waals surface area contributed by atoms with Gasteiger partial charge in [0.05, 0.1) is 33.9 Å². The molecule has 0 saturated heterocycles. The Morgan fingerprint density at radius 1 is 0.667 bits per heavy atom. The molecule has 2 aliphatic heterocycles. The van der Waals surface area contributed by atoms with Crippen molar-refractivity contribution < 1.29 is 36.9 Å². The molecule has 2 heterocycles. The molecule has 0 spiro atoms. The number of hydrogen-bond donors (Lipinski definition) is 0. The average molecular weight is 578 g/mol. The number of nitrogens with zero attached hydrogens (tertiary/aromatic N) is 4. The van der Waals surface area contributed by atoms with Crippen LogP contribution in [-0.4, -0.2) is 23.2 Å². The molecule has 1 radical (unpaired) electrons. The molecule has 2 aliphatic rings. The Labute approximate surface area is 240 Å². The van der Waals surface area contributed by atoms with Gasteiger partial charge in [-0.3, -0.25) is 9.59 Å². The molecule has 0 aromatic heterocycles. The average Bonchev–Trinajstić information content (AvgIpc) is 3.40. The van der Waals surface area contributed by atoms with Crippen molar-refractivity contribution in [2.24, 2.45) is 10.2 Å². The topological polar surface area (TPSA) is 111 Å². The third-order valence-electron chi connectivity index (χ3n) is 6.11. The van der Waals surface area contributed by atoms with Crippen LogP contribution in [0, 0.1) is 0 Å². The fourth-order valence-corrected chi connectivity index (χ4v) is 4.07. The Morgan fingerprint density at radius 2 is 1.00 bits per heavy atom. The summed E-state index contributed by atoms with van der Waals surface area (Å²) < 4.78 is 0. The molecule has 8 nitrogen and oxygen atoms in total. The first-order valence-electron chi connectivity index (χ1n) is 13.0. The van der Waals surface area contributed by atoms with Crippen molar-refractivity contribution in [3.8, 4) is 0 Å². The number of rotatable bonds is 8. The van der Waals surface area contributed by atoms with Crippen molar-refractivity contribution in [2.45, 2.75) is 66.2 Å². The summed E-state index contributed by atoms with van der Waals surface area (Å²) in [5.74, 6) is -0.840. The minimum absolute atomic E-state index is 0. The molecule has 2 amide bonds. The van der Waals surface area contributed by atoms with Gasteiger partial charge >= 0.3 is 17.1 Å². The summed E-state index contributed by atoms with van der Waals surface area (Å²) in [6.45, 7) is 7.46. The van der Waals surface area contributed by atoms with Crippen LogP contribution >= 0.6 is 0 Å². The van der Waals surface area contributed by atoms with Gasteiger partial charge in [-0.15, -0.1) is 11.5 Å². The predicted molar refractivity (Wildman–Crippen MR) is 147 cm³/mol. The SMILES string of the molecule is CCCC/C([O-])=C1/C(=O)N(c2ccccc2)N=C1C.CCCC/C([O-])=C1/C(=O)N(c2ccccc2)N=C1C.[Cu+2]. The number of amides is 2. The van der Waals surface area contributed by atoms with Gasteiger partial charge in [-0.25, -0.2) is 0 Å².